The first kappa shape index (κ1) is 20.2. The average molecular weight is 403 g/mol. The minimum Gasteiger partial charge on any atom is -0.481 e. The second kappa shape index (κ2) is 9.08. The third-order valence-electron chi connectivity index (χ3n) is 4.53. The molecule has 28 heavy (non-hydrogen) atoms. The third kappa shape index (κ3) is 4.82. The van der Waals surface area contributed by atoms with Gasteiger partial charge in [-0.15, -0.1) is 0 Å². The number of carbonyl (C=O) groups excluding carboxylic acids is 2. The van der Waals surface area contributed by atoms with Gasteiger partial charge in [0.1, 0.15) is 5.75 Å². The minimum atomic E-state index is -0.743. The maximum atomic E-state index is 12.8. The first-order chi connectivity index (χ1) is 13.5. The van der Waals surface area contributed by atoms with E-state index in [1.54, 1.807) is 54.3 Å². The van der Waals surface area contributed by atoms with E-state index in [-0.39, 0.29) is 11.8 Å². The number of rotatable bonds is 5. The first-order valence-electron chi connectivity index (χ1n) is 9.15. The molecule has 1 N–H and O–H groups in total. The fourth-order valence-electron chi connectivity index (χ4n) is 2.90. The molecule has 1 heterocycles. The monoisotopic (exact) mass is 402 g/mol. The Morgan fingerprint density at radius 1 is 1.18 bits per heavy atom. The molecule has 0 aromatic heterocycles. The van der Waals surface area contributed by atoms with E-state index in [9.17, 15) is 9.59 Å². The Balaban J connectivity index is 1.69. The second-order valence-electron chi connectivity index (χ2n) is 6.61. The summed E-state index contributed by atoms with van der Waals surface area (Å²) in [7, 11) is 0. The lowest BCUT2D eigenvalue weighted by atomic mass is 10.1. The summed E-state index contributed by atoms with van der Waals surface area (Å²) in [6.45, 7) is 5.64. The normalized spacial score (nSPS) is 15.0. The average Bonchev–Trinajstić information content (AvgIpc) is 2.71. The molecule has 0 radical (unpaired) electrons. The Morgan fingerprint density at radius 3 is 2.61 bits per heavy atom. The zero-order valence-electron chi connectivity index (χ0n) is 15.9. The molecule has 1 atom stereocenters. The number of aryl methyl sites for hydroxylation is 1. The topological polar surface area (TPSA) is 67.9 Å². The summed E-state index contributed by atoms with van der Waals surface area (Å²) >= 11 is 6.02. The van der Waals surface area contributed by atoms with Crippen LogP contribution in [-0.4, -0.2) is 49.1 Å². The van der Waals surface area contributed by atoms with Crippen LogP contribution in [0.5, 0.6) is 5.75 Å². The Labute approximate surface area is 169 Å². The van der Waals surface area contributed by atoms with Crippen LogP contribution in [0.15, 0.2) is 42.5 Å². The van der Waals surface area contributed by atoms with Gasteiger partial charge in [0.2, 0.25) is 0 Å². The van der Waals surface area contributed by atoms with Gasteiger partial charge in [-0.3, -0.25) is 9.59 Å². The van der Waals surface area contributed by atoms with Gasteiger partial charge in [0.15, 0.2) is 6.10 Å². The molecule has 1 fully saturated rings. The van der Waals surface area contributed by atoms with Crippen molar-refractivity contribution in [3.63, 3.8) is 0 Å². The molecule has 2 aromatic rings. The number of para-hydroxylation sites is 1. The molecule has 1 aliphatic heterocycles. The number of benzene rings is 2. The number of anilines is 1. The number of hydrogen-bond acceptors (Lipinski definition) is 4. The fraction of sp³-hybridized carbons (Fsp3) is 0.333. The van der Waals surface area contributed by atoms with Crippen LogP contribution in [0.25, 0.3) is 0 Å². The van der Waals surface area contributed by atoms with Crippen molar-refractivity contribution in [2.75, 3.05) is 31.6 Å². The van der Waals surface area contributed by atoms with E-state index in [1.807, 2.05) is 6.92 Å². The molecule has 2 amide bonds. The van der Waals surface area contributed by atoms with Crippen LogP contribution in [0.1, 0.15) is 22.8 Å². The van der Waals surface area contributed by atoms with Crippen LogP contribution in [0.2, 0.25) is 5.02 Å². The van der Waals surface area contributed by atoms with Crippen molar-refractivity contribution in [3.05, 3.63) is 58.6 Å². The number of amides is 2. The number of ether oxygens (including phenoxy) is 2. The molecule has 2 aromatic carbocycles. The molecular weight excluding hydrogens is 380 g/mol. The highest BCUT2D eigenvalue weighted by atomic mass is 35.5. The second-order valence-corrected chi connectivity index (χ2v) is 7.02. The van der Waals surface area contributed by atoms with E-state index in [0.29, 0.717) is 48.3 Å². The maximum absolute atomic E-state index is 12.8. The molecule has 0 spiro atoms. The zero-order valence-corrected chi connectivity index (χ0v) is 16.7. The van der Waals surface area contributed by atoms with Gasteiger partial charge in [-0.2, -0.15) is 0 Å². The number of carbonyl (C=O) groups is 2. The highest BCUT2D eigenvalue weighted by Gasteiger charge is 2.23. The van der Waals surface area contributed by atoms with Crippen molar-refractivity contribution in [3.8, 4) is 5.75 Å². The van der Waals surface area contributed by atoms with Crippen molar-refractivity contribution in [1.82, 2.24) is 4.90 Å². The van der Waals surface area contributed by atoms with Crippen molar-refractivity contribution < 1.29 is 19.1 Å². The number of morpholine rings is 1. The molecule has 1 saturated heterocycles. The van der Waals surface area contributed by atoms with Crippen molar-refractivity contribution in [2.45, 2.75) is 20.0 Å². The van der Waals surface area contributed by atoms with Crippen LogP contribution in [0.4, 0.5) is 5.69 Å². The van der Waals surface area contributed by atoms with Gasteiger partial charge < -0.3 is 19.7 Å². The summed E-state index contributed by atoms with van der Waals surface area (Å²) in [6, 6.07) is 12.2. The number of hydrogen-bond donors (Lipinski definition) is 1. The molecule has 0 aliphatic carbocycles. The van der Waals surface area contributed by atoms with Crippen LogP contribution in [0.3, 0.4) is 0 Å². The molecule has 3 rings (SSSR count). The smallest absolute Gasteiger partial charge is 0.265 e. The van der Waals surface area contributed by atoms with Crippen LogP contribution >= 0.6 is 11.6 Å². The lowest BCUT2D eigenvalue weighted by Gasteiger charge is -2.27. The molecule has 0 unspecified atom stereocenters. The summed E-state index contributed by atoms with van der Waals surface area (Å²) in [5, 5.41) is 3.45. The molecule has 0 saturated carbocycles. The van der Waals surface area contributed by atoms with Gasteiger partial charge in [-0.25, -0.2) is 0 Å². The van der Waals surface area contributed by atoms with Gasteiger partial charge in [-0.1, -0.05) is 23.7 Å². The maximum Gasteiger partial charge on any atom is 0.265 e. The molecule has 6 nitrogen and oxygen atoms in total. The van der Waals surface area contributed by atoms with Crippen LogP contribution < -0.4 is 10.1 Å². The summed E-state index contributed by atoms with van der Waals surface area (Å²) in [5.74, 6) is 0.0955. The molecule has 0 bridgehead atoms. The Kier molecular flexibility index (Phi) is 6.54. The zero-order chi connectivity index (χ0) is 20.1. The lowest BCUT2D eigenvalue weighted by molar-refractivity contribution is -0.122. The summed E-state index contributed by atoms with van der Waals surface area (Å²) in [4.78, 5) is 27.1. The van der Waals surface area contributed by atoms with E-state index >= 15 is 0 Å². The van der Waals surface area contributed by atoms with E-state index < -0.39 is 6.10 Å². The van der Waals surface area contributed by atoms with E-state index in [0.717, 1.165) is 5.56 Å². The molecule has 1 aliphatic rings. The Morgan fingerprint density at radius 2 is 1.89 bits per heavy atom. The molecule has 148 valence electrons. The minimum absolute atomic E-state index is 0.124. The van der Waals surface area contributed by atoms with E-state index in [1.165, 1.54) is 0 Å². The van der Waals surface area contributed by atoms with Crippen molar-refractivity contribution in [1.29, 1.82) is 0 Å². The van der Waals surface area contributed by atoms with Crippen LogP contribution in [-0.2, 0) is 9.53 Å². The number of halogens is 1. The summed E-state index contributed by atoms with van der Waals surface area (Å²) in [6.07, 6.45) is -0.743. The van der Waals surface area contributed by atoms with Gasteiger partial charge in [0, 0.05) is 18.1 Å². The van der Waals surface area contributed by atoms with Gasteiger partial charge >= 0.3 is 0 Å². The van der Waals surface area contributed by atoms with Crippen molar-refractivity contribution >= 4 is 29.1 Å². The highest BCUT2D eigenvalue weighted by molar-refractivity contribution is 6.31. The lowest BCUT2D eigenvalue weighted by Crippen LogP contribution is -2.41. The predicted octanol–water partition coefficient (Wildman–Crippen LogP) is 3.53. The Bertz CT molecular complexity index is 865. The quantitative estimate of drug-likeness (QED) is 0.830. The van der Waals surface area contributed by atoms with Crippen molar-refractivity contribution in [2.24, 2.45) is 0 Å². The highest BCUT2D eigenvalue weighted by Crippen LogP contribution is 2.23. The standard InChI is InChI=1S/C21H23ClN2O4/c1-14-13-16(7-8-18(14)22)28-15(2)20(25)23-19-6-4-3-5-17(19)21(26)24-9-11-27-12-10-24/h3-8,13,15H,9-12H2,1-2H3,(H,23,25)/t15-/m1/s1. The summed E-state index contributed by atoms with van der Waals surface area (Å²) in [5.41, 5.74) is 1.78. The third-order valence-corrected chi connectivity index (χ3v) is 4.95. The fourth-order valence-corrected chi connectivity index (χ4v) is 3.02. The summed E-state index contributed by atoms with van der Waals surface area (Å²) < 4.78 is 11.0. The van der Waals surface area contributed by atoms with Gasteiger partial charge in [0.25, 0.3) is 11.8 Å². The molecular formula is C21H23ClN2O4. The van der Waals surface area contributed by atoms with Gasteiger partial charge in [0.05, 0.1) is 24.5 Å². The predicted molar refractivity (Wildman–Crippen MR) is 108 cm³/mol. The SMILES string of the molecule is Cc1cc(O[C@H](C)C(=O)Nc2ccccc2C(=O)N2CCOCC2)ccc1Cl. The van der Waals surface area contributed by atoms with Gasteiger partial charge in [-0.05, 0) is 49.7 Å². The van der Waals surface area contributed by atoms with E-state index in [4.69, 9.17) is 21.1 Å². The van der Waals surface area contributed by atoms with Crippen LogP contribution in [0, 0.1) is 6.92 Å². The largest absolute Gasteiger partial charge is 0.481 e. The molecule has 7 heteroatoms. The Hall–Kier alpha value is -2.57. The van der Waals surface area contributed by atoms with E-state index in [2.05, 4.69) is 5.32 Å². The number of nitrogens with zero attached hydrogens (tertiary/aromatic N) is 1. The number of nitrogens with one attached hydrogen (secondary N) is 1. The first-order valence-corrected chi connectivity index (χ1v) is 9.53.